The number of nitro benzene ring substituents is 1. The van der Waals surface area contributed by atoms with E-state index in [1.165, 1.54) is 6.07 Å². The molecule has 2 aromatic carbocycles. The number of hydrogen-bond acceptors (Lipinski definition) is 5. The topological polar surface area (TPSA) is 78.7 Å². The number of benzene rings is 2. The Bertz CT molecular complexity index is 884. The minimum Gasteiger partial charge on any atom is -0.363 e. The Kier molecular flexibility index (Phi) is 6.05. The standard InChI is InChI=1S/C18H17ClF2N4O3/c19-12-1-2-16(17(7-12)25(27)28)24-5-3-23(4-6-24)11-18(26)22-15-9-13(20)8-14(21)10-15/h1-2,7-10H,3-6,11H2,(H,22,26). The number of nitrogens with one attached hydrogen (secondary N) is 1. The third-order valence-corrected chi connectivity index (χ3v) is 4.60. The van der Waals surface area contributed by atoms with Crippen molar-refractivity contribution in [1.82, 2.24) is 4.90 Å². The summed E-state index contributed by atoms with van der Waals surface area (Å²) in [7, 11) is 0. The van der Waals surface area contributed by atoms with Gasteiger partial charge in [-0.1, -0.05) is 11.6 Å². The Morgan fingerprint density at radius 1 is 1.11 bits per heavy atom. The van der Waals surface area contributed by atoms with E-state index < -0.39 is 22.5 Å². The summed E-state index contributed by atoms with van der Waals surface area (Å²) in [5.74, 6) is -1.93. The molecule has 1 saturated heterocycles. The molecule has 1 fully saturated rings. The second kappa shape index (κ2) is 8.49. The van der Waals surface area contributed by atoms with Crippen molar-refractivity contribution in [3.63, 3.8) is 0 Å². The molecule has 0 aromatic heterocycles. The summed E-state index contributed by atoms with van der Waals surface area (Å²) in [6.45, 7) is 2.04. The molecule has 0 atom stereocenters. The molecule has 0 bridgehead atoms. The largest absolute Gasteiger partial charge is 0.363 e. The van der Waals surface area contributed by atoms with Crippen molar-refractivity contribution >= 4 is 34.6 Å². The van der Waals surface area contributed by atoms with Gasteiger partial charge in [0.25, 0.3) is 5.69 Å². The minimum atomic E-state index is -0.770. The molecule has 1 aliphatic rings. The predicted molar refractivity (Wildman–Crippen MR) is 102 cm³/mol. The molecule has 3 rings (SSSR count). The third kappa shape index (κ3) is 4.93. The zero-order valence-electron chi connectivity index (χ0n) is 14.7. The monoisotopic (exact) mass is 410 g/mol. The summed E-state index contributed by atoms with van der Waals surface area (Å²) >= 11 is 5.84. The lowest BCUT2D eigenvalue weighted by Gasteiger charge is -2.35. The number of piperazine rings is 1. The van der Waals surface area contributed by atoms with Crippen molar-refractivity contribution in [2.24, 2.45) is 0 Å². The molecule has 0 aliphatic carbocycles. The maximum absolute atomic E-state index is 13.2. The fourth-order valence-electron chi connectivity index (χ4n) is 3.09. The van der Waals surface area contributed by atoms with Gasteiger partial charge in [-0.05, 0) is 24.3 Å². The number of amides is 1. The number of carbonyl (C=O) groups is 1. The van der Waals surface area contributed by atoms with Gasteiger partial charge >= 0.3 is 0 Å². The van der Waals surface area contributed by atoms with Gasteiger partial charge < -0.3 is 10.2 Å². The number of halogens is 3. The quantitative estimate of drug-likeness (QED) is 0.604. The third-order valence-electron chi connectivity index (χ3n) is 4.36. The lowest BCUT2D eigenvalue weighted by atomic mass is 10.2. The molecule has 28 heavy (non-hydrogen) atoms. The van der Waals surface area contributed by atoms with Crippen LogP contribution < -0.4 is 10.2 Å². The van der Waals surface area contributed by atoms with Gasteiger partial charge in [0, 0.05) is 49.0 Å². The van der Waals surface area contributed by atoms with Crippen molar-refractivity contribution in [2.75, 3.05) is 42.9 Å². The molecular weight excluding hydrogens is 394 g/mol. The number of nitrogens with zero attached hydrogens (tertiary/aromatic N) is 3. The Balaban J connectivity index is 1.57. The first-order chi connectivity index (χ1) is 13.3. The van der Waals surface area contributed by atoms with Crippen molar-refractivity contribution in [1.29, 1.82) is 0 Å². The molecule has 0 radical (unpaired) electrons. The van der Waals surface area contributed by atoms with Gasteiger partial charge in [0.15, 0.2) is 0 Å². The highest BCUT2D eigenvalue weighted by Crippen LogP contribution is 2.31. The molecular formula is C18H17ClF2N4O3. The van der Waals surface area contributed by atoms with E-state index in [0.717, 1.165) is 18.2 Å². The van der Waals surface area contributed by atoms with Crippen molar-refractivity contribution < 1.29 is 18.5 Å². The molecule has 0 spiro atoms. The summed E-state index contributed by atoms with van der Waals surface area (Å²) in [5.41, 5.74) is 0.471. The number of hydrogen-bond donors (Lipinski definition) is 1. The fraction of sp³-hybridized carbons (Fsp3) is 0.278. The molecule has 0 saturated carbocycles. The molecule has 10 heteroatoms. The van der Waals surface area contributed by atoms with Crippen LogP contribution in [0.5, 0.6) is 0 Å². The van der Waals surface area contributed by atoms with E-state index in [0.29, 0.717) is 36.9 Å². The zero-order chi connectivity index (χ0) is 20.3. The summed E-state index contributed by atoms with van der Waals surface area (Å²) < 4.78 is 26.4. The van der Waals surface area contributed by atoms with Gasteiger partial charge in [-0.2, -0.15) is 0 Å². The van der Waals surface area contributed by atoms with Gasteiger partial charge in [0.1, 0.15) is 17.3 Å². The first-order valence-electron chi connectivity index (χ1n) is 8.49. The van der Waals surface area contributed by atoms with Gasteiger partial charge in [-0.15, -0.1) is 0 Å². The van der Waals surface area contributed by atoms with Gasteiger partial charge in [-0.25, -0.2) is 8.78 Å². The molecule has 7 nitrogen and oxygen atoms in total. The zero-order valence-corrected chi connectivity index (χ0v) is 15.5. The van der Waals surface area contributed by atoms with E-state index in [2.05, 4.69) is 5.32 Å². The van der Waals surface area contributed by atoms with Crippen LogP contribution in [0.3, 0.4) is 0 Å². The van der Waals surface area contributed by atoms with E-state index in [4.69, 9.17) is 11.6 Å². The second-order valence-electron chi connectivity index (χ2n) is 6.36. The Hall–Kier alpha value is -2.78. The van der Waals surface area contributed by atoms with Crippen LogP contribution in [0.1, 0.15) is 0 Å². The van der Waals surface area contributed by atoms with Crippen LogP contribution in [-0.2, 0) is 4.79 Å². The lowest BCUT2D eigenvalue weighted by Crippen LogP contribution is -2.48. The van der Waals surface area contributed by atoms with E-state index in [1.807, 2.05) is 9.80 Å². The molecule has 1 heterocycles. The maximum Gasteiger partial charge on any atom is 0.294 e. The number of rotatable bonds is 5. The smallest absolute Gasteiger partial charge is 0.294 e. The summed E-state index contributed by atoms with van der Waals surface area (Å²) in [4.78, 5) is 26.6. The molecule has 148 valence electrons. The van der Waals surface area contributed by atoms with E-state index in [-0.39, 0.29) is 17.9 Å². The molecule has 2 aromatic rings. The minimum absolute atomic E-state index is 0.0503. The van der Waals surface area contributed by atoms with Crippen molar-refractivity contribution in [2.45, 2.75) is 0 Å². The fourth-order valence-corrected chi connectivity index (χ4v) is 3.25. The summed E-state index contributed by atoms with van der Waals surface area (Å²) in [6, 6.07) is 7.33. The highest BCUT2D eigenvalue weighted by molar-refractivity contribution is 6.30. The Morgan fingerprint density at radius 3 is 2.36 bits per heavy atom. The summed E-state index contributed by atoms with van der Waals surface area (Å²) in [5, 5.41) is 14.0. The van der Waals surface area contributed by atoms with Crippen LogP contribution in [0.2, 0.25) is 5.02 Å². The maximum atomic E-state index is 13.2. The van der Waals surface area contributed by atoms with Gasteiger partial charge in [0.2, 0.25) is 5.91 Å². The van der Waals surface area contributed by atoms with Crippen molar-refractivity contribution in [3.8, 4) is 0 Å². The SMILES string of the molecule is O=C(CN1CCN(c2ccc(Cl)cc2[N+](=O)[O-])CC1)Nc1cc(F)cc(F)c1. The predicted octanol–water partition coefficient (Wildman–Crippen LogP) is 3.29. The Labute approximate surface area is 164 Å². The molecule has 0 unspecified atom stereocenters. The van der Waals surface area contributed by atoms with Crippen LogP contribution in [-0.4, -0.2) is 48.5 Å². The van der Waals surface area contributed by atoms with E-state index >= 15 is 0 Å². The van der Waals surface area contributed by atoms with Crippen LogP contribution in [0.4, 0.5) is 25.8 Å². The van der Waals surface area contributed by atoms with Gasteiger partial charge in [0.05, 0.1) is 11.5 Å². The van der Waals surface area contributed by atoms with Gasteiger partial charge in [-0.3, -0.25) is 19.8 Å². The molecule has 1 N–H and O–H groups in total. The molecule has 1 aliphatic heterocycles. The van der Waals surface area contributed by atoms with Crippen LogP contribution >= 0.6 is 11.6 Å². The number of anilines is 2. The average Bonchev–Trinajstić information content (AvgIpc) is 2.61. The van der Waals surface area contributed by atoms with Crippen LogP contribution in [0.15, 0.2) is 36.4 Å². The van der Waals surface area contributed by atoms with E-state index in [1.54, 1.807) is 12.1 Å². The average molecular weight is 411 g/mol. The first kappa shape index (κ1) is 20.0. The normalized spacial score (nSPS) is 14.8. The van der Waals surface area contributed by atoms with Crippen LogP contribution in [0.25, 0.3) is 0 Å². The first-order valence-corrected chi connectivity index (χ1v) is 8.87. The lowest BCUT2D eigenvalue weighted by molar-refractivity contribution is -0.384. The highest BCUT2D eigenvalue weighted by atomic mass is 35.5. The number of nitro groups is 1. The second-order valence-corrected chi connectivity index (χ2v) is 6.80. The van der Waals surface area contributed by atoms with E-state index in [9.17, 15) is 23.7 Å². The van der Waals surface area contributed by atoms with Crippen LogP contribution in [0, 0.1) is 21.7 Å². The number of carbonyl (C=O) groups excluding carboxylic acids is 1. The van der Waals surface area contributed by atoms with Crippen molar-refractivity contribution in [3.05, 3.63) is 63.2 Å². The summed E-state index contributed by atoms with van der Waals surface area (Å²) in [6.07, 6.45) is 0. The molecule has 1 amide bonds. The highest BCUT2D eigenvalue weighted by Gasteiger charge is 2.25. The Morgan fingerprint density at radius 2 is 1.75 bits per heavy atom.